The second-order valence-corrected chi connectivity index (χ2v) is 8.03. The largest absolute Gasteiger partial charge is 0.235 e. The number of hydrogen-bond donors (Lipinski definition) is 0. The van der Waals surface area contributed by atoms with Crippen LogP contribution in [-0.4, -0.2) is 19.7 Å². The molecule has 0 amide bonds. The zero-order valence-electron chi connectivity index (χ0n) is 11.5. The Morgan fingerprint density at radius 1 is 1.24 bits per heavy atom. The van der Waals surface area contributed by atoms with Gasteiger partial charge in [-0.25, -0.2) is 17.6 Å². The number of benzene rings is 1. The number of nitrogens with zero attached hydrogens (tertiary/aromatic N) is 1. The highest BCUT2D eigenvalue weighted by molar-refractivity contribution is 7.92. The van der Waals surface area contributed by atoms with Gasteiger partial charge in [0.2, 0.25) is 6.08 Å². The molecular weight excluding hydrogens is 293 g/mol. The lowest BCUT2D eigenvalue weighted by Gasteiger charge is -2.23. The predicted molar refractivity (Wildman–Crippen MR) is 74.9 cm³/mol. The van der Waals surface area contributed by atoms with E-state index >= 15 is 0 Å². The molecule has 0 radical (unpaired) electrons. The second-order valence-electron chi connectivity index (χ2n) is 5.83. The van der Waals surface area contributed by atoms with Crippen LogP contribution < -0.4 is 0 Å². The van der Waals surface area contributed by atoms with Gasteiger partial charge in [0.1, 0.15) is 10.7 Å². The Balaban J connectivity index is 2.03. The Kier molecular flexibility index (Phi) is 3.46. The van der Waals surface area contributed by atoms with Crippen molar-refractivity contribution < 1.29 is 17.6 Å². The molecule has 4 nitrogen and oxygen atoms in total. The van der Waals surface area contributed by atoms with Gasteiger partial charge in [-0.15, -0.1) is 0 Å². The Bertz CT molecular complexity index is 712. The fraction of sp³-hybridized carbons (Fsp3) is 0.533. The van der Waals surface area contributed by atoms with E-state index in [0.29, 0.717) is 31.2 Å². The van der Waals surface area contributed by atoms with E-state index in [0.717, 1.165) is 12.8 Å². The molecule has 0 spiro atoms. The van der Waals surface area contributed by atoms with E-state index in [1.165, 1.54) is 12.1 Å². The van der Waals surface area contributed by atoms with E-state index in [2.05, 4.69) is 4.99 Å². The number of halogens is 1. The number of sulfone groups is 1. The summed E-state index contributed by atoms with van der Waals surface area (Å²) in [5.41, 5.74) is -0.166. The maximum Gasteiger partial charge on any atom is 0.235 e. The second kappa shape index (κ2) is 5.04. The van der Waals surface area contributed by atoms with Crippen LogP contribution in [0.5, 0.6) is 0 Å². The molecule has 0 unspecified atom stereocenters. The van der Waals surface area contributed by atoms with E-state index in [-0.39, 0.29) is 4.90 Å². The first-order valence-corrected chi connectivity index (χ1v) is 8.67. The van der Waals surface area contributed by atoms with Crippen molar-refractivity contribution >= 4 is 15.9 Å². The van der Waals surface area contributed by atoms with Gasteiger partial charge in [0.25, 0.3) is 0 Å². The highest BCUT2D eigenvalue weighted by atomic mass is 32.2. The van der Waals surface area contributed by atoms with Crippen LogP contribution in [0.15, 0.2) is 28.1 Å². The summed E-state index contributed by atoms with van der Waals surface area (Å²) >= 11 is 0. The minimum atomic E-state index is -3.55. The van der Waals surface area contributed by atoms with Gasteiger partial charge in [-0.1, -0.05) is 18.9 Å². The van der Waals surface area contributed by atoms with E-state index in [9.17, 15) is 17.6 Å². The molecule has 1 aromatic rings. The molecule has 0 saturated heterocycles. The molecular formula is C15H16FNO3S. The van der Waals surface area contributed by atoms with Crippen molar-refractivity contribution in [1.29, 1.82) is 0 Å². The van der Waals surface area contributed by atoms with Crippen molar-refractivity contribution in [3.05, 3.63) is 29.6 Å². The van der Waals surface area contributed by atoms with Crippen LogP contribution in [0, 0.1) is 5.82 Å². The van der Waals surface area contributed by atoms with E-state index in [1.807, 2.05) is 0 Å². The van der Waals surface area contributed by atoms with Gasteiger partial charge in [-0.3, -0.25) is 0 Å². The van der Waals surface area contributed by atoms with Crippen LogP contribution in [0.2, 0.25) is 0 Å². The summed E-state index contributed by atoms with van der Waals surface area (Å²) < 4.78 is 38.5. The van der Waals surface area contributed by atoms with Gasteiger partial charge in [0.15, 0.2) is 9.84 Å². The molecule has 0 aliphatic heterocycles. The Labute approximate surface area is 123 Å². The summed E-state index contributed by atoms with van der Waals surface area (Å²) in [6.07, 6.45) is 5.93. The molecule has 2 saturated carbocycles. The van der Waals surface area contributed by atoms with E-state index in [4.69, 9.17) is 0 Å². The van der Waals surface area contributed by atoms with Crippen molar-refractivity contribution in [2.45, 2.75) is 54.2 Å². The van der Waals surface area contributed by atoms with Crippen molar-refractivity contribution in [1.82, 2.24) is 0 Å². The topological polar surface area (TPSA) is 63.6 Å². The fourth-order valence-corrected chi connectivity index (χ4v) is 4.80. The Morgan fingerprint density at radius 2 is 1.90 bits per heavy atom. The lowest BCUT2D eigenvalue weighted by atomic mass is 9.89. The monoisotopic (exact) mass is 309 g/mol. The van der Waals surface area contributed by atoms with Crippen LogP contribution in [-0.2, 0) is 20.2 Å². The molecule has 0 heterocycles. The quantitative estimate of drug-likeness (QED) is 0.634. The SMILES string of the molecule is O=C=NC1(c2ccc(S(=O)(=O)C3CC3)c(F)c2)CCCC1. The lowest BCUT2D eigenvalue weighted by molar-refractivity contribution is 0.450. The summed E-state index contributed by atoms with van der Waals surface area (Å²) in [5, 5.41) is -0.439. The van der Waals surface area contributed by atoms with Gasteiger partial charge in [-0.05, 0) is 43.4 Å². The highest BCUT2D eigenvalue weighted by Crippen LogP contribution is 2.43. The van der Waals surface area contributed by atoms with Crippen LogP contribution >= 0.6 is 0 Å². The standard InChI is InChI=1S/C15H16FNO3S/c16-13-9-11(15(17-10-18)7-1-2-8-15)3-6-14(13)21(19,20)12-4-5-12/h3,6,9,12H,1-2,4-5,7-8H2. The van der Waals surface area contributed by atoms with Gasteiger partial charge >= 0.3 is 0 Å². The minimum Gasteiger partial charge on any atom is -0.223 e. The molecule has 0 N–H and O–H groups in total. The smallest absolute Gasteiger partial charge is 0.223 e. The Hall–Kier alpha value is -1.52. The molecule has 2 aliphatic rings. The third-order valence-corrected chi connectivity index (χ3v) is 6.72. The molecule has 0 bridgehead atoms. The zero-order chi connectivity index (χ0) is 15.1. The molecule has 1 aromatic carbocycles. The highest BCUT2D eigenvalue weighted by Gasteiger charge is 2.40. The Morgan fingerprint density at radius 3 is 2.43 bits per heavy atom. The molecule has 2 aliphatic carbocycles. The first kappa shape index (κ1) is 14.4. The summed E-state index contributed by atoms with van der Waals surface area (Å²) in [4.78, 5) is 14.3. The van der Waals surface area contributed by atoms with E-state index in [1.54, 1.807) is 12.1 Å². The zero-order valence-corrected chi connectivity index (χ0v) is 12.3. The lowest BCUT2D eigenvalue weighted by Crippen LogP contribution is -2.20. The maximum absolute atomic E-state index is 14.3. The van der Waals surface area contributed by atoms with Crippen molar-refractivity contribution in [2.24, 2.45) is 4.99 Å². The number of hydrogen-bond acceptors (Lipinski definition) is 4. The van der Waals surface area contributed by atoms with Crippen LogP contribution in [0.1, 0.15) is 44.1 Å². The predicted octanol–water partition coefficient (Wildman–Crippen LogP) is 2.87. The van der Waals surface area contributed by atoms with Crippen LogP contribution in [0.25, 0.3) is 0 Å². The van der Waals surface area contributed by atoms with Gasteiger partial charge < -0.3 is 0 Å². The normalized spacial score (nSPS) is 21.0. The van der Waals surface area contributed by atoms with Crippen molar-refractivity contribution in [2.75, 3.05) is 0 Å². The molecule has 0 atom stereocenters. The number of aliphatic imine (C=N–C) groups is 1. The summed E-state index contributed by atoms with van der Waals surface area (Å²) in [6, 6.07) is 4.13. The molecule has 0 aromatic heterocycles. The van der Waals surface area contributed by atoms with Crippen molar-refractivity contribution in [3.63, 3.8) is 0 Å². The van der Waals surface area contributed by atoms with Gasteiger partial charge in [0, 0.05) is 0 Å². The average Bonchev–Trinajstić information content (AvgIpc) is 3.20. The first-order chi connectivity index (χ1) is 9.99. The van der Waals surface area contributed by atoms with Gasteiger partial charge in [0.05, 0.1) is 10.8 Å². The fourth-order valence-electron chi connectivity index (χ4n) is 3.09. The summed E-state index contributed by atoms with van der Waals surface area (Å²) in [6.45, 7) is 0. The van der Waals surface area contributed by atoms with Crippen LogP contribution in [0.3, 0.4) is 0 Å². The number of carbonyl (C=O) groups excluding carboxylic acids is 1. The first-order valence-electron chi connectivity index (χ1n) is 7.13. The summed E-state index contributed by atoms with van der Waals surface area (Å²) in [5.74, 6) is -0.744. The van der Waals surface area contributed by atoms with E-state index < -0.39 is 26.4 Å². The van der Waals surface area contributed by atoms with Crippen LogP contribution in [0.4, 0.5) is 4.39 Å². The average molecular weight is 309 g/mol. The maximum atomic E-state index is 14.3. The van der Waals surface area contributed by atoms with Crippen molar-refractivity contribution in [3.8, 4) is 0 Å². The number of rotatable bonds is 4. The van der Waals surface area contributed by atoms with Gasteiger partial charge in [-0.2, -0.15) is 4.99 Å². The molecule has 112 valence electrons. The minimum absolute atomic E-state index is 0.239. The molecule has 6 heteroatoms. The molecule has 2 fully saturated rings. The third-order valence-electron chi connectivity index (χ3n) is 4.43. The third kappa shape index (κ3) is 2.43. The molecule has 3 rings (SSSR count). The molecule has 21 heavy (non-hydrogen) atoms. The number of isocyanates is 1. The summed E-state index contributed by atoms with van der Waals surface area (Å²) in [7, 11) is -3.55.